The highest BCUT2D eigenvalue weighted by Crippen LogP contribution is 2.36. The summed E-state index contributed by atoms with van der Waals surface area (Å²) in [4.78, 5) is 38.6. The molecule has 0 spiro atoms. The van der Waals surface area contributed by atoms with Gasteiger partial charge in [-0.1, -0.05) is 42.5 Å². The van der Waals surface area contributed by atoms with Crippen LogP contribution in [0.3, 0.4) is 0 Å². The van der Waals surface area contributed by atoms with Gasteiger partial charge in [0, 0.05) is 17.0 Å². The maximum Gasteiger partial charge on any atom is 0.257 e. The normalized spacial score (nSPS) is 14.9. The zero-order valence-corrected chi connectivity index (χ0v) is 16.7. The van der Waals surface area contributed by atoms with Crippen LogP contribution in [0, 0.1) is 0 Å². The number of nitrogens with one attached hydrogen (secondary N) is 3. The monoisotopic (exact) mass is 417 g/mol. The molecule has 0 radical (unpaired) electrons. The lowest BCUT2D eigenvalue weighted by Crippen LogP contribution is -2.32. The van der Waals surface area contributed by atoms with E-state index in [0.717, 1.165) is 10.6 Å². The number of hydrogen-bond acceptors (Lipinski definition) is 4. The molecule has 7 heteroatoms. The third-order valence-corrected chi connectivity index (χ3v) is 5.83. The van der Waals surface area contributed by atoms with E-state index in [-0.39, 0.29) is 24.1 Å². The van der Waals surface area contributed by atoms with Crippen molar-refractivity contribution in [2.45, 2.75) is 16.6 Å². The SMILES string of the molecule is O=C(CC1Sc2ccccc2NC1=O)Nc1ccccc1C(=O)Nc1ccccc1. The van der Waals surface area contributed by atoms with Crippen molar-refractivity contribution in [3.05, 3.63) is 84.4 Å². The van der Waals surface area contributed by atoms with Crippen LogP contribution in [-0.4, -0.2) is 23.0 Å². The van der Waals surface area contributed by atoms with Crippen LogP contribution < -0.4 is 16.0 Å². The van der Waals surface area contributed by atoms with E-state index in [1.807, 2.05) is 42.5 Å². The van der Waals surface area contributed by atoms with Crippen molar-refractivity contribution in [3.63, 3.8) is 0 Å². The van der Waals surface area contributed by atoms with Crippen molar-refractivity contribution in [2.24, 2.45) is 0 Å². The van der Waals surface area contributed by atoms with E-state index in [0.29, 0.717) is 16.9 Å². The van der Waals surface area contributed by atoms with Crippen molar-refractivity contribution < 1.29 is 14.4 Å². The first-order chi connectivity index (χ1) is 14.6. The third-order valence-electron chi connectivity index (χ3n) is 4.55. The molecule has 30 heavy (non-hydrogen) atoms. The molecule has 150 valence electrons. The fraction of sp³-hybridized carbons (Fsp3) is 0.0870. The fourth-order valence-electron chi connectivity index (χ4n) is 3.11. The smallest absolute Gasteiger partial charge is 0.257 e. The number of anilines is 3. The molecule has 3 N–H and O–H groups in total. The second kappa shape index (κ2) is 8.84. The van der Waals surface area contributed by atoms with Crippen LogP contribution >= 0.6 is 11.8 Å². The van der Waals surface area contributed by atoms with Crippen molar-refractivity contribution >= 4 is 46.5 Å². The van der Waals surface area contributed by atoms with Gasteiger partial charge in [-0.3, -0.25) is 14.4 Å². The molecule has 0 fully saturated rings. The molecule has 0 saturated carbocycles. The minimum atomic E-state index is -0.537. The number of hydrogen-bond donors (Lipinski definition) is 3. The highest BCUT2D eigenvalue weighted by molar-refractivity contribution is 8.01. The first kappa shape index (κ1) is 19.7. The second-order valence-electron chi connectivity index (χ2n) is 6.71. The van der Waals surface area contributed by atoms with E-state index in [1.165, 1.54) is 11.8 Å². The molecule has 3 amide bonds. The molecule has 1 aliphatic rings. The minimum Gasteiger partial charge on any atom is -0.325 e. The van der Waals surface area contributed by atoms with Gasteiger partial charge in [0.15, 0.2) is 0 Å². The van der Waals surface area contributed by atoms with Crippen LogP contribution in [0.1, 0.15) is 16.8 Å². The largest absolute Gasteiger partial charge is 0.325 e. The third kappa shape index (κ3) is 4.52. The molecule has 1 atom stereocenters. The number of para-hydroxylation sites is 3. The van der Waals surface area contributed by atoms with Crippen molar-refractivity contribution in [1.29, 1.82) is 0 Å². The summed E-state index contributed by atoms with van der Waals surface area (Å²) in [6, 6.07) is 23.4. The number of rotatable bonds is 5. The standard InChI is InChI=1S/C23H19N3O3S/c27-21(14-20-23(29)26-18-12-6-7-13-19(18)30-20)25-17-11-5-4-10-16(17)22(28)24-15-8-2-1-3-9-15/h1-13,20H,14H2,(H,24,28)(H,25,27)(H,26,29). The predicted octanol–water partition coefficient (Wildman–Crippen LogP) is 4.38. The van der Waals surface area contributed by atoms with Gasteiger partial charge >= 0.3 is 0 Å². The van der Waals surface area contributed by atoms with Crippen molar-refractivity contribution in [2.75, 3.05) is 16.0 Å². The highest BCUT2D eigenvalue weighted by Gasteiger charge is 2.29. The fourth-order valence-corrected chi connectivity index (χ4v) is 4.22. The lowest BCUT2D eigenvalue weighted by atomic mass is 10.1. The Bertz CT molecular complexity index is 1100. The Morgan fingerprint density at radius 1 is 0.867 bits per heavy atom. The summed E-state index contributed by atoms with van der Waals surface area (Å²) in [6.45, 7) is 0. The van der Waals surface area contributed by atoms with Gasteiger partial charge in [0.25, 0.3) is 5.91 Å². The maximum absolute atomic E-state index is 12.7. The molecular formula is C23H19N3O3S. The Balaban J connectivity index is 1.44. The van der Waals surface area contributed by atoms with Gasteiger partial charge in [-0.2, -0.15) is 0 Å². The van der Waals surface area contributed by atoms with Gasteiger partial charge in [-0.05, 0) is 36.4 Å². The van der Waals surface area contributed by atoms with Crippen molar-refractivity contribution in [1.82, 2.24) is 0 Å². The van der Waals surface area contributed by atoms with Gasteiger partial charge in [0.1, 0.15) is 0 Å². The predicted molar refractivity (Wildman–Crippen MR) is 119 cm³/mol. The Morgan fingerprint density at radius 2 is 1.57 bits per heavy atom. The molecule has 1 unspecified atom stereocenters. The number of amides is 3. The van der Waals surface area contributed by atoms with Crippen LogP contribution in [0.4, 0.5) is 17.1 Å². The molecule has 1 aliphatic heterocycles. The Hall–Kier alpha value is -3.58. The molecule has 3 aromatic carbocycles. The summed E-state index contributed by atoms with van der Waals surface area (Å²) in [7, 11) is 0. The van der Waals surface area contributed by atoms with Crippen molar-refractivity contribution in [3.8, 4) is 0 Å². The first-order valence-electron chi connectivity index (χ1n) is 9.42. The van der Waals surface area contributed by atoms with E-state index in [9.17, 15) is 14.4 Å². The minimum absolute atomic E-state index is 0.000523. The van der Waals surface area contributed by atoms with Gasteiger partial charge in [-0.25, -0.2) is 0 Å². The molecule has 0 saturated heterocycles. The summed E-state index contributed by atoms with van der Waals surface area (Å²) in [6.07, 6.45) is -0.000523. The zero-order valence-electron chi connectivity index (χ0n) is 15.9. The highest BCUT2D eigenvalue weighted by atomic mass is 32.2. The molecule has 3 aromatic rings. The molecule has 0 aromatic heterocycles. The molecule has 6 nitrogen and oxygen atoms in total. The van der Waals surface area contributed by atoms with E-state index in [1.54, 1.807) is 36.4 Å². The maximum atomic E-state index is 12.7. The summed E-state index contributed by atoms with van der Waals surface area (Å²) in [5, 5.41) is 7.88. The van der Waals surface area contributed by atoms with E-state index >= 15 is 0 Å². The molecule has 0 aliphatic carbocycles. The molecule has 4 rings (SSSR count). The van der Waals surface area contributed by atoms with Gasteiger partial charge in [0.05, 0.1) is 22.2 Å². The number of carbonyl (C=O) groups is 3. The average molecular weight is 417 g/mol. The van der Waals surface area contributed by atoms with E-state index < -0.39 is 5.25 Å². The number of fused-ring (bicyclic) bond motifs is 1. The van der Waals surface area contributed by atoms with Crippen LogP contribution in [0.15, 0.2) is 83.8 Å². The van der Waals surface area contributed by atoms with Gasteiger partial charge in [0.2, 0.25) is 11.8 Å². The summed E-state index contributed by atoms with van der Waals surface area (Å²) in [5.41, 5.74) is 2.17. The van der Waals surface area contributed by atoms with E-state index in [2.05, 4.69) is 16.0 Å². The lowest BCUT2D eigenvalue weighted by Gasteiger charge is -2.23. The van der Waals surface area contributed by atoms with Crippen LogP contribution in [0.5, 0.6) is 0 Å². The molecule has 0 bridgehead atoms. The number of carbonyl (C=O) groups excluding carboxylic acids is 3. The van der Waals surface area contributed by atoms with E-state index in [4.69, 9.17) is 0 Å². The average Bonchev–Trinajstić information content (AvgIpc) is 2.75. The first-order valence-corrected chi connectivity index (χ1v) is 10.3. The Labute approximate surface area is 178 Å². The number of benzene rings is 3. The molecule has 1 heterocycles. The van der Waals surface area contributed by atoms with Crippen LogP contribution in [0.25, 0.3) is 0 Å². The molecular weight excluding hydrogens is 398 g/mol. The lowest BCUT2D eigenvalue weighted by molar-refractivity contribution is -0.120. The second-order valence-corrected chi connectivity index (χ2v) is 7.95. The zero-order chi connectivity index (χ0) is 20.9. The quantitative estimate of drug-likeness (QED) is 0.575. The summed E-state index contributed by atoms with van der Waals surface area (Å²) >= 11 is 1.36. The summed E-state index contributed by atoms with van der Waals surface area (Å²) < 4.78 is 0. The Morgan fingerprint density at radius 3 is 2.40 bits per heavy atom. The van der Waals surface area contributed by atoms with Crippen LogP contribution in [-0.2, 0) is 9.59 Å². The van der Waals surface area contributed by atoms with Gasteiger partial charge in [-0.15, -0.1) is 11.8 Å². The van der Waals surface area contributed by atoms with Gasteiger partial charge < -0.3 is 16.0 Å². The number of thioether (sulfide) groups is 1. The topological polar surface area (TPSA) is 87.3 Å². The Kier molecular flexibility index (Phi) is 5.81. The van der Waals surface area contributed by atoms with Crippen LogP contribution in [0.2, 0.25) is 0 Å². The summed E-state index contributed by atoms with van der Waals surface area (Å²) in [5.74, 6) is -0.859.